The van der Waals surface area contributed by atoms with Crippen molar-refractivity contribution in [1.29, 1.82) is 0 Å². The summed E-state index contributed by atoms with van der Waals surface area (Å²) in [6.07, 6.45) is 5.56. The van der Waals surface area contributed by atoms with Crippen molar-refractivity contribution in [3.8, 4) is 5.75 Å². The van der Waals surface area contributed by atoms with Gasteiger partial charge in [-0.15, -0.1) is 0 Å². The van der Waals surface area contributed by atoms with Crippen molar-refractivity contribution in [2.24, 2.45) is 5.73 Å². The number of nitrogens with two attached hydrogens (primary N) is 1. The first kappa shape index (κ1) is 23.0. The molecule has 2 N–H and O–H groups in total. The standard InChI is InChI=1S/C25H36N2O2/c1-3-4-8-17-27(18-9-16-26)25(28)15-13-22-12-14-24(21(2)19-22)29-20-23-10-6-5-7-11-23/h5-7,10-12,14,19H,3-4,8-9,13,15-18,20,26H2,1-2H3. The third-order valence-electron chi connectivity index (χ3n) is 5.12. The molecule has 0 saturated heterocycles. The van der Waals surface area contributed by atoms with E-state index in [1.54, 1.807) is 0 Å². The second-order valence-corrected chi connectivity index (χ2v) is 7.60. The maximum atomic E-state index is 12.7. The lowest BCUT2D eigenvalue weighted by Crippen LogP contribution is -2.34. The summed E-state index contributed by atoms with van der Waals surface area (Å²) in [5.74, 6) is 1.13. The molecule has 0 bridgehead atoms. The van der Waals surface area contributed by atoms with Crippen LogP contribution in [0.1, 0.15) is 55.7 Å². The quantitative estimate of drug-likeness (QED) is 0.491. The van der Waals surface area contributed by atoms with Crippen LogP contribution in [0.25, 0.3) is 0 Å². The summed E-state index contributed by atoms with van der Waals surface area (Å²) in [6, 6.07) is 16.4. The number of ether oxygens (including phenoxy) is 1. The SMILES string of the molecule is CCCCCN(CCCN)C(=O)CCc1ccc(OCc2ccccc2)c(C)c1. The van der Waals surface area contributed by atoms with E-state index in [-0.39, 0.29) is 5.91 Å². The molecule has 29 heavy (non-hydrogen) atoms. The average Bonchev–Trinajstić information content (AvgIpc) is 2.74. The van der Waals surface area contributed by atoms with Crippen LogP contribution in [-0.2, 0) is 17.8 Å². The Morgan fingerprint density at radius 2 is 1.76 bits per heavy atom. The topological polar surface area (TPSA) is 55.6 Å². The minimum Gasteiger partial charge on any atom is -0.489 e. The van der Waals surface area contributed by atoms with Crippen molar-refractivity contribution in [3.05, 3.63) is 65.2 Å². The number of unbranched alkanes of at least 4 members (excludes halogenated alkanes) is 2. The highest BCUT2D eigenvalue weighted by Gasteiger charge is 2.13. The number of hydrogen-bond acceptors (Lipinski definition) is 3. The van der Waals surface area contributed by atoms with Crippen molar-refractivity contribution in [2.75, 3.05) is 19.6 Å². The van der Waals surface area contributed by atoms with Crippen molar-refractivity contribution in [1.82, 2.24) is 4.90 Å². The second kappa shape index (κ2) is 13.0. The molecule has 0 spiro atoms. The van der Waals surface area contributed by atoms with Crippen LogP contribution in [0.15, 0.2) is 48.5 Å². The van der Waals surface area contributed by atoms with Crippen LogP contribution in [0, 0.1) is 6.92 Å². The maximum Gasteiger partial charge on any atom is 0.222 e. The van der Waals surface area contributed by atoms with Crippen molar-refractivity contribution < 1.29 is 9.53 Å². The zero-order valence-electron chi connectivity index (χ0n) is 18.0. The Morgan fingerprint density at radius 3 is 2.45 bits per heavy atom. The van der Waals surface area contributed by atoms with Crippen molar-refractivity contribution in [2.45, 2.75) is 59.0 Å². The van der Waals surface area contributed by atoms with E-state index in [1.807, 2.05) is 29.2 Å². The van der Waals surface area contributed by atoms with Crippen LogP contribution in [0.2, 0.25) is 0 Å². The Balaban J connectivity index is 1.86. The minimum atomic E-state index is 0.233. The zero-order valence-corrected chi connectivity index (χ0v) is 18.0. The van der Waals surface area contributed by atoms with Gasteiger partial charge in [0.1, 0.15) is 12.4 Å². The predicted molar refractivity (Wildman–Crippen MR) is 120 cm³/mol. The smallest absolute Gasteiger partial charge is 0.222 e. The van der Waals surface area contributed by atoms with E-state index in [0.717, 1.165) is 62.1 Å². The van der Waals surface area contributed by atoms with Gasteiger partial charge in [0, 0.05) is 19.5 Å². The Kier molecular flexibility index (Phi) is 10.3. The number of rotatable bonds is 13. The molecule has 1 amide bonds. The van der Waals surface area contributed by atoms with Crippen LogP contribution < -0.4 is 10.5 Å². The molecule has 2 rings (SSSR count). The molecule has 2 aromatic carbocycles. The molecular weight excluding hydrogens is 360 g/mol. The number of amides is 1. The van der Waals surface area contributed by atoms with Crippen LogP contribution >= 0.6 is 0 Å². The number of carbonyl (C=O) groups excluding carboxylic acids is 1. The molecule has 0 aliphatic carbocycles. The first-order valence-electron chi connectivity index (χ1n) is 10.9. The molecule has 0 saturated carbocycles. The van der Waals surface area contributed by atoms with E-state index in [9.17, 15) is 4.79 Å². The van der Waals surface area contributed by atoms with Gasteiger partial charge in [-0.3, -0.25) is 4.79 Å². The third kappa shape index (κ3) is 8.28. The van der Waals surface area contributed by atoms with Gasteiger partial charge >= 0.3 is 0 Å². The number of aryl methyl sites for hydroxylation is 2. The monoisotopic (exact) mass is 396 g/mol. The summed E-state index contributed by atoms with van der Waals surface area (Å²) in [6.45, 7) is 7.04. The molecule has 4 heteroatoms. The summed E-state index contributed by atoms with van der Waals surface area (Å²) in [7, 11) is 0. The highest BCUT2D eigenvalue weighted by atomic mass is 16.5. The van der Waals surface area contributed by atoms with E-state index < -0.39 is 0 Å². The lowest BCUT2D eigenvalue weighted by atomic mass is 10.1. The summed E-state index contributed by atoms with van der Waals surface area (Å²) in [5, 5.41) is 0. The van der Waals surface area contributed by atoms with E-state index >= 15 is 0 Å². The van der Waals surface area contributed by atoms with Gasteiger partial charge < -0.3 is 15.4 Å². The van der Waals surface area contributed by atoms with Gasteiger partial charge in [0.05, 0.1) is 0 Å². The van der Waals surface area contributed by atoms with Crippen LogP contribution in [0.5, 0.6) is 5.75 Å². The van der Waals surface area contributed by atoms with Gasteiger partial charge in [-0.25, -0.2) is 0 Å². The Bertz CT molecular complexity index is 731. The largest absolute Gasteiger partial charge is 0.489 e. The summed E-state index contributed by atoms with van der Waals surface area (Å²) < 4.78 is 5.95. The fourth-order valence-corrected chi connectivity index (χ4v) is 3.37. The maximum absolute atomic E-state index is 12.7. The Labute approximate surface area is 176 Å². The van der Waals surface area contributed by atoms with Crippen molar-refractivity contribution >= 4 is 5.91 Å². The molecule has 0 heterocycles. The molecule has 2 aromatic rings. The summed E-state index contributed by atoms with van der Waals surface area (Å²) in [4.78, 5) is 14.7. The molecule has 0 unspecified atom stereocenters. The summed E-state index contributed by atoms with van der Waals surface area (Å²) in [5.41, 5.74) is 9.08. The molecule has 0 atom stereocenters. The Hall–Kier alpha value is -2.33. The number of nitrogens with zero attached hydrogens (tertiary/aromatic N) is 1. The highest BCUT2D eigenvalue weighted by Crippen LogP contribution is 2.21. The van der Waals surface area contributed by atoms with Gasteiger partial charge in [0.2, 0.25) is 5.91 Å². The number of benzene rings is 2. The number of hydrogen-bond donors (Lipinski definition) is 1. The summed E-state index contributed by atoms with van der Waals surface area (Å²) >= 11 is 0. The highest BCUT2D eigenvalue weighted by molar-refractivity contribution is 5.76. The van der Waals surface area contributed by atoms with Gasteiger partial charge in [-0.2, -0.15) is 0 Å². The van der Waals surface area contributed by atoms with Crippen LogP contribution in [-0.4, -0.2) is 30.4 Å². The fraction of sp³-hybridized carbons (Fsp3) is 0.480. The van der Waals surface area contributed by atoms with Crippen molar-refractivity contribution in [3.63, 3.8) is 0 Å². The fourth-order valence-electron chi connectivity index (χ4n) is 3.37. The first-order valence-corrected chi connectivity index (χ1v) is 10.9. The van der Waals surface area contributed by atoms with Gasteiger partial charge in [-0.1, -0.05) is 62.2 Å². The average molecular weight is 397 g/mol. The van der Waals surface area contributed by atoms with Crippen LogP contribution in [0.3, 0.4) is 0 Å². The zero-order chi connectivity index (χ0) is 20.9. The molecule has 158 valence electrons. The predicted octanol–water partition coefficient (Wildman–Crippen LogP) is 4.87. The van der Waals surface area contributed by atoms with Crippen LogP contribution in [0.4, 0.5) is 0 Å². The number of carbonyl (C=O) groups is 1. The normalized spacial score (nSPS) is 10.7. The lowest BCUT2D eigenvalue weighted by molar-refractivity contribution is -0.131. The van der Waals surface area contributed by atoms with E-state index in [1.165, 1.54) is 5.56 Å². The van der Waals surface area contributed by atoms with Gasteiger partial charge in [-0.05, 0) is 55.5 Å². The van der Waals surface area contributed by atoms with Gasteiger partial charge in [0.25, 0.3) is 0 Å². The molecule has 0 aromatic heterocycles. The molecule has 0 fully saturated rings. The first-order chi connectivity index (χ1) is 14.1. The van der Waals surface area contributed by atoms with E-state index in [4.69, 9.17) is 10.5 Å². The van der Waals surface area contributed by atoms with Gasteiger partial charge in [0.15, 0.2) is 0 Å². The Morgan fingerprint density at radius 1 is 1.00 bits per heavy atom. The molecule has 0 radical (unpaired) electrons. The molecule has 4 nitrogen and oxygen atoms in total. The third-order valence-corrected chi connectivity index (χ3v) is 5.12. The lowest BCUT2D eigenvalue weighted by Gasteiger charge is -2.22. The van der Waals surface area contributed by atoms with E-state index in [2.05, 4.69) is 38.1 Å². The second-order valence-electron chi connectivity index (χ2n) is 7.60. The molecule has 0 aliphatic rings. The minimum absolute atomic E-state index is 0.233. The molecule has 0 aliphatic heterocycles. The van der Waals surface area contributed by atoms with E-state index in [0.29, 0.717) is 19.6 Å². The molecular formula is C25H36N2O2.